The molecule has 2 heteroatoms. The predicted molar refractivity (Wildman–Crippen MR) is 71.9 cm³/mol. The van der Waals surface area contributed by atoms with Crippen LogP contribution in [0.5, 0.6) is 0 Å². The zero-order valence-corrected chi connectivity index (χ0v) is 11.7. The van der Waals surface area contributed by atoms with Crippen LogP contribution in [0.4, 0.5) is 0 Å². The van der Waals surface area contributed by atoms with Crippen LogP contribution in [0.1, 0.15) is 52.9 Å². The minimum atomic E-state index is -0.0689. The summed E-state index contributed by atoms with van der Waals surface area (Å²) < 4.78 is 0. The number of aliphatic hydroxyl groups is 1. The first-order chi connectivity index (χ1) is 8.11. The molecule has 0 spiro atoms. The van der Waals surface area contributed by atoms with Gasteiger partial charge >= 0.3 is 0 Å². The molecular weight excluding hydrogens is 210 g/mol. The summed E-state index contributed by atoms with van der Waals surface area (Å²) in [6, 6.07) is 0.452. The van der Waals surface area contributed by atoms with Crippen LogP contribution in [0.15, 0.2) is 0 Å². The Bertz CT molecular complexity index is 233. The molecule has 0 bridgehead atoms. The van der Waals surface area contributed by atoms with Crippen LogP contribution in [0.2, 0.25) is 0 Å². The Hall–Kier alpha value is -0.0800. The molecule has 0 aromatic heterocycles. The standard InChI is InChI=1S/C15H29NO/c1-4-5-13-6-7-15(17)14(8-13)16-9-11(2)12(3)10-16/h11-15,17H,4-10H2,1-3H3. The molecule has 1 heterocycles. The summed E-state index contributed by atoms with van der Waals surface area (Å²) in [5, 5.41) is 10.2. The number of hydrogen-bond donors (Lipinski definition) is 1. The number of hydrogen-bond acceptors (Lipinski definition) is 2. The van der Waals surface area contributed by atoms with E-state index in [1.807, 2.05) is 0 Å². The highest BCUT2D eigenvalue weighted by Gasteiger charge is 2.37. The van der Waals surface area contributed by atoms with E-state index in [-0.39, 0.29) is 6.10 Å². The van der Waals surface area contributed by atoms with Gasteiger partial charge in [-0.3, -0.25) is 4.90 Å². The lowest BCUT2D eigenvalue weighted by Gasteiger charge is -2.39. The van der Waals surface area contributed by atoms with E-state index in [1.54, 1.807) is 0 Å². The van der Waals surface area contributed by atoms with Gasteiger partial charge < -0.3 is 5.11 Å². The fourth-order valence-corrected chi connectivity index (χ4v) is 3.72. The van der Waals surface area contributed by atoms with Crippen LogP contribution >= 0.6 is 0 Å². The first kappa shape index (κ1) is 13.4. The molecule has 2 aliphatic rings. The lowest BCUT2D eigenvalue weighted by molar-refractivity contribution is 0.00957. The Labute approximate surface area is 106 Å². The molecule has 1 saturated heterocycles. The molecule has 1 aliphatic heterocycles. The van der Waals surface area contributed by atoms with E-state index in [9.17, 15) is 5.11 Å². The van der Waals surface area contributed by atoms with E-state index in [2.05, 4.69) is 25.7 Å². The third-order valence-electron chi connectivity index (χ3n) is 5.07. The lowest BCUT2D eigenvalue weighted by Crippen LogP contribution is -2.46. The van der Waals surface area contributed by atoms with Crippen LogP contribution < -0.4 is 0 Å². The summed E-state index contributed by atoms with van der Waals surface area (Å²) in [6.07, 6.45) is 6.07. The lowest BCUT2D eigenvalue weighted by atomic mass is 9.81. The van der Waals surface area contributed by atoms with Gasteiger partial charge in [-0.05, 0) is 37.0 Å². The number of rotatable bonds is 3. The zero-order chi connectivity index (χ0) is 12.4. The van der Waals surface area contributed by atoms with E-state index in [0.717, 1.165) is 24.2 Å². The average molecular weight is 239 g/mol. The fourth-order valence-electron chi connectivity index (χ4n) is 3.72. The number of likely N-dealkylation sites (tertiary alicyclic amines) is 1. The summed E-state index contributed by atoms with van der Waals surface area (Å²) in [6.45, 7) is 9.37. The molecule has 2 fully saturated rings. The smallest absolute Gasteiger partial charge is 0.0695 e. The molecular formula is C15H29NO. The summed E-state index contributed by atoms with van der Waals surface area (Å²) in [4.78, 5) is 2.57. The van der Waals surface area contributed by atoms with Crippen molar-refractivity contribution in [2.45, 2.75) is 65.0 Å². The molecule has 0 amide bonds. The second kappa shape index (κ2) is 5.71. The molecule has 0 radical (unpaired) electrons. The topological polar surface area (TPSA) is 23.5 Å². The molecule has 0 aromatic carbocycles. The van der Waals surface area contributed by atoms with Crippen molar-refractivity contribution in [1.29, 1.82) is 0 Å². The first-order valence-electron chi connectivity index (χ1n) is 7.54. The molecule has 1 saturated carbocycles. The second-order valence-electron chi connectivity index (χ2n) is 6.51. The van der Waals surface area contributed by atoms with Crippen molar-refractivity contribution >= 4 is 0 Å². The molecule has 5 unspecified atom stereocenters. The van der Waals surface area contributed by atoms with Crippen molar-refractivity contribution in [3.8, 4) is 0 Å². The summed E-state index contributed by atoms with van der Waals surface area (Å²) in [5.74, 6) is 2.46. The van der Waals surface area contributed by atoms with Gasteiger partial charge in [-0.1, -0.05) is 33.6 Å². The molecule has 17 heavy (non-hydrogen) atoms. The molecule has 5 atom stereocenters. The average Bonchev–Trinajstić information content (AvgIpc) is 2.62. The van der Waals surface area contributed by atoms with Crippen molar-refractivity contribution in [3.05, 3.63) is 0 Å². The van der Waals surface area contributed by atoms with Crippen LogP contribution in [-0.2, 0) is 0 Å². The third kappa shape index (κ3) is 3.03. The second-order valence-corrected chi connectivity index (χ2v) is 6.51. The maximum Gasteiger partial charge on any atom is 0.0695 e. The van der Waals surface area contributed by atoms with Crippen molar-refractivity contribution in [1.82, 2.24) is 4.90 Å². The van der Waals surface area contributed by atoms with Crippen molar-refractivity contribution < 1.29 is 5.11 Å². The van der Waals surface area contributed by atoms with Gasteiger partial charge in [-0.25, -0.2) is 0 Å². The number of aliphatic hydroxyl groups excluding tert-OH is 1. The van der Waals surface area contributed by atoms with Gasteiger partial charge in [-0.2, -0.15) is 0 Å². The van der Waals surface area contributed by atoms with Gasteiger partial charge in [0.15, 0.2) is 0 Å². The minimum Gasteiger partial charge on any atom is -0.391 e. The number of nitrogens with zero attached hydrogens (tertiary/aromatic N) is 1. The Kier molecular flexibility index (Phi) is 4.48. The largest absolute Gasteiger partial charge is 0.391 e. The molecule has 2 nitrogen and oxygen atoms in total. The molecule has 1 N–H and O–H groups in total. The Balaban J connectivity index is 1.93. The predicted octanol–water partition coefficient (Wildman–Crippen LogP) is 2.90. The Morgan fingerprint density at radius 1 is 1.12 bits per heavy atom. The van der Waals surface area contributed by atoms with Gasteiger partial charge in [-0.15, -0.1) is 0 Å². The van der Waals surface area contributed by atoms with Gasteiger partial charge in [0.1, 0.15) is 0 Å². The summed E-state index contributed by atoms with van der Waals surface area (Å²) in [5.41, 5.74) is 0. The van der Waals surface area contributed by atoms with Crippen LogP contribution in [-0.4, -0.2) is 35.2 Å². The zero-order valence-electron chi connectivity index (χ0n) is 11.7. The molecule has 0 aromatic rings. The van der Waals surface area contributed by atoms with E-state index >= 15 is 0 Å². The normalized spacial score (nSPS) is 44.1. The Morgan fingerprint density at radius 3 is 2.35 bits per heavy atom. The minimum absolute atomic E-state index is 0.0689. The quantitative estimate of drug-likeness (QED) is 0.818. The Morgan fingerprint density at radius 2 is 1.76 bits per heavy atom. The summed E-state index contributed by atoms with van der Waals surface area (Å²) >= 11 is 0. The van der Waals surface area contributed by atoms with Crippen molar-refractivity contribution in [2.75, 3.05) is 13.1 Å². The van der Waals surface area contributed by atoms with Crippen LogP contribution in [0, 0.1) is 17.8 Å². The highest BCUT2D eigenvalue weighted by atomic mass is 16.3. The third-order valence-corrected chi connectivity index (χ3v) is 5.07. The molecule has 1 aliphatic carbocycles. The maximum atomic E-state index is 10.2. The van der Waals surface area contributed by atoms with E-state index < -0.39 is 0 Å². The van der Waals surface area contributed by atoms with E-state index in [4.69, 9.17) is 0 Å². The summed E-state index contributed by atoms with van der Waals surface area (Å²) in [7, 11) is 0. The van der Waals surface area contributed by atoms with Crippen LogP contribution in [0.25, 0.3) is 0 Å². The SMILES string of the molecule is CCCC1CCC(O)C(N2CC(C)C(C)C2)C1. The van der Waals surface area contributed by atoms with Gasteiger partial charge in [0.25, 0.3) is 0 Å². The fraction of sp³-hybridized carbons (Fsp3) is 1.00. The van der Waals surface area contributed by atoms with Gasteiger partial charge in [0.2, 0.25) is 0 Å². The van der Waals surface area contributed by atoms with E-state index in [1.165, 1.54) is 38.8 Å². The first-order valence-corrected chi connectivity index (χ1v) is 7.54. The van der Waals surface area contributed by atoms with Crippen molar-refractivity contribution in [2.24, 2.45) is 17.8 Å². The maximum absolute atomic E-state index is 10.2. The van der Waals surface area contributed by atoms with E-state index in [0.29, 0.717) is 6.04 Å². The highest BCUT2D eigenvalue weighted by molar-refractivity contribution is 4.91. The van der Waals surface area contributed by atoms with Gasteiger partial charge in [0, 0.05) is 19.1 Å². The van der Waals surface area contributed by atoms with Crippen LogP contribution in [0.3, 0.4) is 0 Å². The molecule has 2 rings (SSSR count). The highest BCUT2D eigenvalue weighted by Crippen LogP contribution is 2.34. The monoisotopic (exact) mass is 239 g/mol. The molecule has 100 valence electrons. The van der Waals surface area contributed by atoms with Gasteiger partial charge in [0.05, 0.1) is 6.10 Å². The van der Waals surface area contributed by atoms with Crippen molar-refractivity contribution in [3.63, 3.8) is 0 Å².